The Bertz CT molecular complexity index is 114. The Morgan fingerprint density at radius 3 is 2.75 bits per heavy atom. The second-order valence-electron chi connectivity index (χ2n) is 2.46. The number of rotatable bonds is 7. The third-order valence-electron chi connectivity index (χ3n) is 1.27. The molecule has 0 aliphatic heterocycles. The second-order valence-corrected chi connectivity index (χ2v) is 2.46. The highest BCUT2D eigenvalue weighted by Crippen LogP contribution is 1.96. The largest absolute Gasteiger partial charge is 0.396 e. The molecule has 4 nitrogen and oxygen atoms in total. The van der Waals surface area contributed by atoms with E-state index >= 15 is 0 Å². The average molecular weight is 176 g/mol. The molecule has 72 valence electrons. The fourth-order valence-electron chi connectivity index (χ4n) is 0.594. The molecule has 1 N–H and O–H groups in total. The molecule has 0 fully saturated rings. The smallest absolute Gasteiger partial charge is 0.342 e. The van der Waals surface area contributed by atoms with Gasteiger partial charge in [0.25, 0.3) is 0 Å². The summed E-state index contributed by atoms with van der Waals surface area (Å²) in [4.78, 5) is 19.7. The Morgan fingerprint density at radius 2 is 2.17 bits per heavy atom. The van der Waals surface area contributed by atoms with E-state index in [1.807, 2.05) is 6.92 Å². The molecule has 0 atom stereocenters. The Morgan fingerprint density at radius 1 is 1.42 bits per heavy atom. The lowest BCUT2D eigenvalue weighted by Crippen LogP contribution is -2.06. The zero-order chi connectivity index (χ0) is 9.23. The van der Waals surface area contributed by atoms with Crippen molar-refractivity contribution in [3.8, 4) is 0 Å². The van der Waals surface area contributed by atoms with Crippen molar-refractivity contribution < 1.29 is 19.7 Å². The van der Waals surface area contributed by atoms with Crippen molar-refractivity contribution in [2.45, 2.75) is 32.6 Å². The summed E-state index contributed by atoms with van der Waals surface area (Å²) in [5, 5.41) is 8.35. The second kappa shape index (κ2) is 8.49. The summed E-state index contributed by atoms with van der Waals surface area (Å²) in [6.07, 6.45) is 2.67. The van der Waals surface area contributed by atoms with Crippen molar-refractivity contribution in [1.82, 2.24) is 0 Å². The van der Waals surface area contributed by atoms with Crippen molar-refractivity contribution in [2.24, 2.45) is 0 Å². The predicted octanol–water partition coefficient (Wildman–Crippen LogP) is 1.03. The first kappa shape index (κ1) is 11.4. The van der Waals surface area contributed by atoms with Crippen molar-refractivity contribution in [1.29, 1.82) is 0 Å². The molecule has 0 aliphatic rings. The maximum atomic E-state index is 10.8. The minimum Gasteiger partial charge on any atom is -0.396 e. The summed E-state index contributed by atoms with van der Waals surface area (Å²) < 4.78 is 0. The van der Waals surface area contributed by atoms with E-state index < -0.39 is 0 Å². The number of carbonyl (C=O) groups excluding carboxylic acids is 1. The first-order chi connectivity index (χ1) is 5.81. The standard InChI is InChI=1S/C8H16O4/c1-2-3-5-8(10)12-11-7-4-6-9/h9H,2-7H2,1H3. The van der Waals surface area contributed by atoms with Gasteiger partial charge in [0.05, 0.1) is 6.61 Å². The Kier molecular flexibility index (Phi) is 8.05. The minimum atomic E-state index is -0.338. The quantitative estimate of drug-likeness (QED) is 0.357. The molecule has 0 aromatic carbocycles. The SMILES string of the molecule is CCCCC(=O)OOCCCO. The van der Waals surface area contributed by atoms with E-state index in [1.54, 1.807) is 0 Å². The molecular formula is C8H16O4. The molecule has 0 radical (unpaired) electrons. The Hall–Kier alpha value is -0.610. The highest BCUT2D eigenvalue weighted by atomic mass is 17.2. The van der Waals surface area contributed by atoms with E-state index in [0.29, 0.717) is 12.8 Å². The third-order valence-corrected chi connectivity index (χ3v) is 1.27. The lowest BCUT2D eigenvalue weighted by molar-refractivity contribution is -0.273. The molecule has 0 aromatic heterocycles. The van der Waals surface area contributed by atoms with E-state index in [2.05, 4.69) is 9.78 Å². The van der Waals surface area contributed by atoms with Crippen LogP contribution in [0, 0.1) is 0 Å². The Labute approximate surface area is 72.4 Å². The number of aliphatic hydroxyl groups is 1. The maximum Gasteiger partial charge on any atom is 0.342 e. The molecule has 0 saturated carbocycles. The van der Waals surface area contributed by atoms with Gasteiger partial charge in [-0.2, -0.15) is 4.89 Å². The van der Waals surface area contributed by atoms with Gasteiger partial charge in [0.2, 0.25) is 0 Å². The molecule has 0 saturated heterocycles. The van der Waals surface area contributed by atoms with Crippen LogP contribution in [0.3, 0.4) is 0 Å². The van der Waals surface area contributed by atoms with Gasteiger partial charge in [0.1, 0.15) is 0 Å². The summed E-state index contributed by atoms with van der Waals surface area (Å²) in [5.74, 6) is -0.338. The molecule has 4 heteroatoms. The Balaban J connectivity index is 3.08. The van der Waals surface area contributed by atoms with Gasteiger partial charge in [0, 0.05) is 13.0 Å². The molecular weight excluding hydrogens is 160 g/mol. The zero-order valence-corrected chi connectivity index (χ0v) is 7.41. The molecule has 12 heavy (non-hydrogen) atoms. The number of hydrogen-bond acceptors (Lipinski definition) is 4. The number of hydrogen-bond donors (Lipinski definition) is 1. The first-order valence-corrected chi connectivity index (χ1v) is 4.24. The van der Waals surface area contributed by atoms with Gasteiger partial charge in [-0.15, -0.1) is 0 Å². The van der Waals surface area contributed by atoms with Gasteiger partial charge in [-0.1, -0.05) is 13.3 Å². The van der Waals surface area contributed by atoms with E-state index in [9.17, 15) is 4.79 Å². The number of carbonyl (C=O) groups is 1. The fourth-order valence-corrected chi connectivity index (χ4v) is 0.594. The lowest BCUT2D eigenvalue weighted by atomic mass is 10.3. The molecule has 0 aliphatic carbocycles. The number of unbranched alkanes of at least 4 members (excludes halogenated alkanes) is 1. The zero-order valence-electron chi connectivity index (χ0n) is 7.41. The summed E-state index contributed by atoms with van der Waals surface area (Å²) in [5.41, 5.74) is 0. The van der Waals surface area contributed by atoms with Crippen LogP contribution < -0.4 is 0 Å². The highest BCUT2D eigenvalue weighted by molar-refractivity contribution is 5.68. The van der Waals surface area contributed by atoms with Crippen LogP contribution in [0.2, 0.25) is 0 Å². The van der Waals surface area contributed by atoms with Crippen LogP contribution in [0.25, 0.3) is 0 Å². The van der Waals surface area contributed by atoms with Crippen molar-refractivity contribution in [3.05, 3.63) is 0 Å². The van der Waals surface area contributed by atoms with E-state index in [1.165, 1.54) is 0 Å². The molecule has 0 aromatic rings. The predicted molar refractivity (Wildman–Crippen MR) is 43.3 cm³/mol. The lowest BCUT2D eigenvalue weighted by Gasteiger charge is -2.01. The minimum absolute atomic E-state index is 0.0481. The van der Waals surface area contributed by atoms with Crippen LogP contribution in [0.1, 0.15) is 32.6 Å². The van der Waals surface area contributed by atoms with Gasteiger partial charge >= 0.3 is 5.97 Å². The summed E-state index contributed by atoms with van der Waals surface area (Å²) in [7, 11) is 0. The van der Waals surface area contributed by atoms with Crippen LogP contribution >= 0.6 is 0 Å². The fraction of sp³-hybridized carbons (Fsp3) is 0.875. The molecule has 0 amide bonds. The van der Waals surface area contributed by atoms with E-state index in [0.717, 1.165) is 12.8 Å². The van der Waals surface area contributed by atoms with E-state index in [4.69, 9.17) is 5.11 Å². The molecule has 0 rings (SSSR count). The average Bonchev–Trinajstić information content (AvgIpc) is 2.09. The van der Waals surface area contributed by atoms with Gasteiger partial charge in [-0.3, -0.25) is 4.89 Å². The normalized spacial score (nSPS) is 9.83. The van der Waals surface area contributed by atoms with E-state index in [-0.39, 0.29) is 19.2 Å². The van der Waals surface area contributed by atoms with Crippen LogP contribution in [-0.4, -0.2) is 24.3 Å². The van der Waals surface area contributed by atoms with Crippen LogP contribution in [0.5, 0.6) is 0 Å². The van der Waals surface area contributed by atoms with Gasteiger partial charge in [0.15, 0.2) is 0 Å². The molecule has 0 unspecified atom stereocenters. The summed E-state index contributed by atoms with van der Waals surface area (Å²) >= 11 is 0. The van der Waals surface area contributed by atoms with Crippen molar-refractivity contribution in [3.63, 3.8) is 0 Å². The third kappa shape index (κ3) is 7.50. The first-order valence-electron chi connectivity index (χ1n) is 4.24. The van der Waals surface area contributed by atoms with Crippen molar-refractivity contribution >= 4 is 5.97 Å². The van der Waals surface area contributed by atoms with Gasteiger partial charge < -0.3 is 5.11 Å². The molecule has 0 spiro atoms. The van der Waals surface area contributed by atoms with Crippen molar-refractivity contribution in [2.75, 3.05) is 13.2 Å². The monoisotopic (exact) mass is 176 g/mol. The molecule has 0 heterocycles. The van der Waals surface area contributed by atoms with Crippen LogP contribution in [0.15, 0.2) is 0 Å². The van der Waals surface area contributed by atoms with Gasteiger partial charge in [-0.25, -0.2) is 4.79 Å². The van der Waals surface area contributed by atoms with Gasteiger partial charge in [-0.05, 0) is 12.8 Å². The summed E-state index contributed by atoms with van der Waals surface area (Å²) in [6.45, 7) is 2.31. The maximum absolute atomic E-state index is 10.8. The summed E-state index contributed by atoms with van der Waals surface area (Å²) in [6, 6.07) is 0. The number of aliphatic hydroxyl groups excluding tert-OH is 1. The van der Waals surface area contributed by atoms with Crippen LogP contribution in [0.4, 0.5) is 0 Å². The highest BCUT2D eigenvalue weighted by Gasteiger charge is 2.01. The molecule has 0 bridgehead atoms. The topological polar surface area (TPSA) is 55.8 Å². The van der Waals surface area contributed by atoms with Crippen LogP contribution in [-0.2, 0) is 14.6 Å².